The fourth-order valence-corrected chi connectivity index (χ4v) is 2.05. The van der Waals surface area contributed by atoms with Crippen LogP contribution in [0.4, 0.5) is 0 Å². The molecule has 0 atom stereocenters. The van der Waals surface area contributed by atoms with Gasteiger partial charge >= 0.3 is 0 Å². The van der Waals surface area contributed by atoms with Gasteiger partial charge in [0.2, 0.25) is 0 Å². The van der Waals surface area contributed by atoms with Crippen molar-refractivity contribution in [3.63, 3.8) is 0 Å². The van der Waals surface area contributed by atoms with Crippen molar-refractivity contribution in [2.24, 2.45) is 0 Å². The SMILES string of the molecule is Cc1ccc(C(O)=S=C=O)c(Cl)c1OC(C)C. The zero-order valence-corrected chi connectivity index (χ0v) is 11.4. The molecule has 0 aliphatic heterocycles. The molecule has 0 saturated carbocycles. The van der Waals surface area contributed by atoms with Crippen molar-refractivity contribution < 1.29 is 14.6 Å². The smallest absolute Gasteiger partial charge is 0.193 e. The molecule has 3 nitrogen and oxygen atoms in total. The quantitative estimate of drug-likeness (QED) is 0.859. The van der Waals surface area contributed by atoms with Gasteiger partial charge in [-0.3, -0.25) is 0 Å². The summed E-state index contributed by atoms with van der Waals surface area (Å²) in [5.41, 5.74) is 1.25. The standard InChI is InChI=1S/C12H13ClO3S/c1-7(2)16-11-8(3)4-5-9(10(11)13)12(15)17-6-14/h4-5,7,15H,1-3H3. The maximum atomic E-state index is 10.2. The van der Waals surface area contributed by atoms with Crippen molar-refractivity contribution in [1.82, 2.24) is 0 Å². The van der Waals surface area contributed by atoms with Crippen LogP contribution in [-0.4, -0.2) is 21.5 Å². The van der Waals surface area contributed by atoms with Gasteiger partial charge in [0.15, 0.2) is 5.23 Å². The Labute approximate surface area is 109 Å². The van der Waals surface area contributed by atoms with Crippen molar-refractivity contribution in [3.8, 4) is 5.75 Å². The van der Waals surface area contributed by atoms with E-state index in [1.54, 1.807) is 17.4 Å². The van der Waals surface area contributed by atoms with Crippen molar-refractivity contribution >= 4 is 32.8 Å². The Morgan fingerprint density at radius 2 is 2.18 bits per heavy atom. The average molecular weight is 273 g/mol. The van der Waals surface area contributed by atoms with Gasteiger partial charge in [0.05, 0.1) is 11.1 Å². The van der Waals surface area contributed by atoms with E-state index >= 15 is 0 Å². The highest BCUT2D eigenvalue weighted by Gasteiger charge is 2.14. The van der Waals surface area contributed by atoms with Crippen LogP contribution in [0.2, 0.25) is 5.02 Å². The third-order valence-electron chi connectivity index (χ3n) is 2.02. The summed E-state index contributed by atoms with van der Waals surface area (Å²) in [7, 11) is 0.559. The molecule has 1 aromatic carbocycles. The first-order valence-corrected chi connectivity index (χ1v) is 6.22. The number of aryl methyl sites for hydroxylation is 1. The number of aliphatic hydroxyl groups excluding tert-OH is 1. The van der Waals surface area contributed by atoms with Crippen LogP contribution in [0.15, 0.2) is 12.1 Å². The molecule has 0 aromatic heterocycles. The zero-order chi connectivity index (χ0) is 13.0. The third-order valence-corrected chi connectivity index (χ3v) is 2.89. The van der Waals surface area contributed by atoms with Crippen LogP contribution in [0.1, 0.15) is 25.0 Å². The maximum Gasteiger partial charge on any atom is 0.193 e. The molecule has 1 N–H and O–H groups in total. The zero-order valence-electron chi connectivity index (χ0n) is 9.78. The molecule has 1 aromatic rings. The van der Waals surface area contributed by atoms with E-state index in [0.29, 0.717) is 27.3 Å². The van der Waals surface area contributed by atoms with Crippen LogP contribution in [0.5, 0.6) is 5.75 Å². The van der Waals surface area contributed by atoms with Crippen LogP contribution in [0, 0.1) is 6.92 Å². The monoisotopic (exact) mass is 272 g/mol. The van der Waals surface area contributed by atoms with Gasteiger partial charge < -0.3 is 9.84 Å². The molecule has 0 unspecified atom stereocenters. The van der Waals surface area contributed by atoms with Crippen molar-refractivity contribution in [3.05, 3.63) is 28.3 Å². The largest absolute Gasteiger partial charge is 0.489 e. The van der Waals surface area contributed by atoms with Crippen LogP contribution in [0.25, 0.3) is 0 Å². The van der Waals surface area contributed by atoms with Crippen molar-refractivity contribution in [2.45, 2.75) is 26.9 Å². The maximum absolute atomic E-state index is 10.2. The fourth-order valence-electron chi connectivity index (χ4n) is 1.29. The van der Waals surface area contributed by atoms with Crippen molar-refractivity contribution in [2.75, 3.05) is 0 Å². The van der Waals surface area contributed by atoms with E-state index in [0.717, 1.165) is 5.56 Å². The summed E-state index contributed by atoms with van der Waals surface area (Å²) < 4.78 is 5.58. The number of carbonyl (C=O) groups excluding carboxylic acids is 1. The molecular weight excluding hydrogens is 260 g/mol. The summed E-state index contributed by atoms with van der Waals surface area (Å²) in [5, 5.41) is 11.3. The van der Waals surface area contributed by atoms with Crippen LogP contribution in [0.3, 0.4) is 0 Å². The Morgan fingerprint density at radius 3 is 2.71 bits per heavy atom. The van der Waals surface area contributed by atoms with Crippen molar-refractivity contribution in [1.29, 1.82) is 0 Å². The molecule has 1 rings (SSSR count). The van der Waals surface area contributed by atoms with Gasteiger partial charge in [0, 0.05) is 5.56 Å². The Hall–Kier alpha value is -1.06. The van der Waals surface area contributed by atoms with Crippen LogP contribution in [-0.2, 0) is 4.79 Å². The Balaban J connectivity index is 3.38. The van der Waals surface area contributed by atoms with E-state index in [2.05, 4.69) is 0 Å². The first-order valence-electron chi connectivity index (χ1n) is 5.03. The van der Waals surface area contributed by atoms with Gasteiger partial charge in [0.1, 0.15) is 10.8 Å². The number of halogens is 1. The molecule has 0 radical (unpaired) electrons. The minimum absolute atomic E-state index is 0.0196. The lowest BCUT2D eigenvalue weighted by Crippen LogP contribution is -2.09. The van der Waals surface area contributed by atoms with Gasteiger partial charge in [0.25, 0.3) is 0 Å². The lowest BCUT2D eigenvalue weighted by Gasteiger charge is -2.15. The Kier molecular flexibility index (Phi) is 4.97. The first kappa shape index (κ1) is 14.0. The highest BCUT2D eigenvalue weighted by atomic mass is 35.5. The summed E-state index contributed by atoms with van der Waals surface area (Å²) >= 11 is 6.14. The fraction of sp³-hybridized carbons (Fsp3) is 0.333. The lowest BCUT2D eigenvalue weighted by molar-refractivity contribution is 0.241. The molecule has 0 heterocycles. The molecule has 0 saturated heterocycles. The first-order chi connectivity index (χ1) is 7.97. The van der Waals surface area contributed by atoms with Gasteiger partial charge in [-0.15, -0.1) is 0 Å². The molecule has 0 aliphatic carbocycles. The predicted molar refractivity (Wildman–Crippen MR) is 72.0 cm³/mol. The Morgan fingerprint density at radius 1 is 1.53 bits per heavy atom. The van der Waals surface area contributed by atoms with E-state index in [4.69, 9.17) is 16.3 Å². The minimum Gasteiger partial charge on any atom is -0.489 e. The molecule has 17 heavy (non-hydrogen) atoms. The number of rotatable bonds is 3. The Bertz CT molecular complexity index is 513. The van der Waals surface area contributed by atoms with E-state index in [1.807, 2.05) is 20.8 Å². The number of benzene rings is 1. The van der Waals surface area contributed by atoms with Crippen LogP contribution >= 0.6 is 22.5 Å². The van der Waals surface area contributed by atoms with E-state index < -0.39 is 0 Å². The summed E-state index contributed by atoms with van der Waals surface area (Å²) in [6, 6.07) is 3.42. The molecule has 92 valence electrons. The summed E-state index contributed by atoms with van der Waals surface area (Å²) in [6.07, 6.45) is -0.0196. The molecule has 0 spiro atoms. The summed E-state index contributed by atoms with van der Waals surface area (Å²) in [5.74, 6) is 0.525. The summed E-state index contributed by atoms with van der Waals surface area (Å²) in [6.45, 7) is 5.64. The molecule has 0 amide bonds. The van der Waals surface area contributed by atoms with Crippen LogP contribution < -0.4 is 4.74 Å². The highest BCUT2D eigenvalue weighted by Crippen LogP contribution is 2.32. The second-order valence-corrected chi connectivity index (χ2v) is 4.87. The molecule has 0 aliphatic rings. The number of ether oxygens (including phenoxy) is 1. The minimum atomic E-state index is -0.182. The molecule has 0 bridgehead atoms. The van der Waals surface area contributed by atoms with Gasteiger partial charge in [-0.1, -0.05) is 17.7 Å². The topological polar surface area (TPSA) is 46.5 Å². The van der Waals surface area contributed by atoms with Gasteiger partial charge in [-0.05, 0) is 43.3 Å². The van der Waals surface area contributed by atoms with E-state index in [-0.39, 0.29) is 11.2 Å². The molecule has 0 fully saturated rings. The highest BCUT2D eigenvalue weighted by molar-refractivity contribution is 7.96. The van der Waals surface area contributed by atoms with E-state index in [9.17, 15) is 9.90 Å². The normalized spacial score (nSPS) is 10.0. The lowest BCUT2D eigenvalue weighted by atomic mass is 10.1. The van der Waals surface area contributed by atoms with Gasteiger partial charge in [-0.2, -0.15) is 0 Å². The number of hydrogen-bond donors (Lipinski definition) is 1. The van der Waals surface area contributed by atoms with E-state index in [1.165, 1.54) is 0 Å². The third kappa shape index (κ3) is 3.45. The average Bonchev–Trinajstić information content (AvgIpc) is 2.24. The second-order valence-electron chi connectivity index (χ2n) is 3.73. The summed E-state index contributed by atoms with van der Waals surface area (Å²) in [4.78, 5) is 10.2. The van der Waals surface area contributed by atoms with Gasteiger partial charge in [-0.25, -0.2) is 4.79 Å². The molecule has 5 heteroatoms. The predicted octanol–water partition coefficient (Wildman–Crippen LogP) is 3.27. The number of aliphatic hydroxyl groups is 1. The second kappa shape index (κ2) is 6.03. The molecular formula is C12H13ClO3S. The number of hydrogen-bond acceptors (Lipinski definition) is 2.